The fourth-order valence-electron chi connectivity index (χ4n) is 1.61. The van der Waals surface area contributed by atoms with Gasteiger partial charge >= 0.3 is 6.03 Å². The Kier molecular flexibility index (Phi) is 6.15. The normalized spacial score (nSPS) is 11.0. The van der Waals surface area contributed by atoms with Gasteiger partial charge in [0.05, 0.1) is 7.11 Å². The van der Waals surface area contributed by atoms with E-state index < -0.39 is 0 Å². The lowest BCUT2D eigenvalue weighted by Gasteiger charge is -2.21. The zero-order valence-corrected chi connectivity index (χ0v) is 11.7. The van der Waals surface area contributed by atoms with E-state index in [2.05, 4.69) is 10.5 Å². The van der Waals surface area contributed by atoms with Crippen LogP contribution in [0.3, 0.4) is 0 Å². The molecule has 7 nitrogen and oxygen atoms in total. The number of ether oxygens (including phenoxy) is 1. The van der Waals surface area contributed by atoms with Crippen LogP contribution in [0.2, 0.25) is 0 Å². The Balaban J connectivity index is 2.62. The molecule has 0 radical (unpaired) electrons. The number of carbonyl (C=O) groups excluding carboxylic acids is 1. The van der Waals surface area contributed by atoms with Crippen molar-refractivity contribution in [1.29, 1.82) is 0 Å². The van der Waals surface area contributed by atoms with E-state index in [1.165, 1.54) is 0 Å². The van der Waals surface area contributed by atoms with E-state index in [0.29, 0.717) is 30.9 Å². The van der Waals surface area contributed by atoms with E-state index in [0.717, 1.165) is 0 Å². The Bertz CT molecular complexity index is 476. The molecule has 7 heteroatoms. The number of methoxy groups -OCH3 is 1. The summed E-state index contributed by atoms with van der Waals surface area (Å²) in [6.45, 7) is 2.76. The second kappa shape index (κ2) is 7.88. The van der Waals surface area contributed by atoms with Gasteiger partial charge in [-0.3, -0.25) is 0 Å². The summed E-state index contributed by atoms with van der Waals surface area (Å²) in [5.41, 5.74) is 6.04. The van der Waals surface area contributed by atoms with Gasteiger partial charge in [-0.25, -0.2) is 4.79 Å². The molecule has 0 aliphatic carbocycles. The Hall–Kier alpha value is -2.44. The van der Waals surface area contributed by atoms with E-state index in [4.69, 9.17) is 15.7 Å². The van der Waals surface area contributed by atoms with Gasteiger partial charge in [0.1, 0.15) is 11.6 Å². The molecular formula is C13H20N4O3. The number of anilines is 1. The van der Waals surface area contributed by atoms with Crippen LogP contribution in [0.1, 0.15) is 13.3 Å². The van der Waals surface area contributed by atoms with Crippen LogP contribution in [0.4, 0.5) is 10.5 Å². The lowest BCUT2D eigenvalue weighted by molar-refractivity contribution is 0.215. The van der Waals surface area contributed by atoms with Crippen LogP contribution >= 0.6 is 0 Å². The number of urea groups is 1. The quantitative estimate of drug-likeness (QED) is 0.319. The molecular weight excluding hydrogens is 260 g/mol. The smallest absolute Gasteiger partial charge is 0.321 e. The van der Waals surface area contributed by atoms with Crippen molar-refractivity contribution in [2.45, 2.75) is 13.3 Å². The summed E-state index contributed by atoms with van der Waals surface area (Å²) in [5, 5.41) is 14.1. The highest BCUT2D eigenvalue weighted by atomic mass is 16.5. The number of amides is 2. The Morgan fingerprint density at radius 1 is 1.55 bits per heavy atom. The number of nitrogens with one attached hydrogen (secondary N) is 1. The van der Waals surface area contributed by atoms with Crippen molar-refractivity contribution in [3.05, 3.63) is 24.3 Å². The number of benzene rings is 1. The van der Waals surface area contributed by atoms with Crippen LogP contribution < -0.4 is 15.8 Å². The number of hydrogen-bond acceptors (Lipinski definition) is 4. The second-order valence-electron chi connectivity index (χ2n) is 4.08. The lowest BCUT2D eigenvalue weighted by Crippen LogP contribution is -2.37. The van der Waals surface area contributed by atoms with E-state index in [1.807, 2.05) is 6.92 Å². The predicted octanol–water partition coefficient (Wildman–Crippen LogP) is 1.69. The monoisotopic (exact) mass is 280 g/mol. The van der Waals surface area contributed by atoms with Crippen LogP contribution in [0.5, 0.6) is 5.75 Å². The summed E-state index contributed by atoms with van der Waals surface area (Å²) < 4.78 is 5.09. The maximum absolute atomic E-state index is 12.1. The first-order valence-corrected chi connectivity index (χ1v) is 6.27. The molecule has 0 aromatic heterocycles. The average molecular weight is 280 g/mol. The lowest BCUT2D eigenvalue weighted by atomic mass is 10.3. The van der Waals surface area contributed by atoms with Crippen LogP contribution in [-0.4, -0.2) is 42.2 Å². The molecule has 0 bridgehead atoms. The first kappa shape index (κ1) is 15.6. The van der Waals surface area contributed by atoms with Crippen molar-refractivity contribution in [3.8, 4) is 5.75 Å². The fourth-order valence-corrected chi connectivity index (χ4v) is 1.61. The van der Waals surface area contributed by atoms with Gasteiger partial charge in [0.25, 0.3) is 0 Å². The van der Waals surface area contributed by atoms with Crippen molar-refractivity contribution >= 4 is 17.6 Å². The molecule has 0 saturated carbocycles. The number of hydrogen-bond donors (Lipinski definition) is 3. The van der Waals surface area contributed by atoms with Gasteiger partial charge in [0, 0.05) is 31.3 Å². The number of nitrogens with two attached hydrogens (primary N) is 1. The van der Waals surface area contributed by atoms with Crippen molar-refractivity contribution in [2.75, 3.05) is 25.5 Å². The minimum Gasteiger partial charge on any atom is -0.497 e. The van der Waals surface area contributed by atoms with Gasteiger partial charge < -0.3 is 25.9 Å². The molecule has 1 aromatic rings. The highest BCUT2D eigenvalue weighted by molar-refractivity contribution is 5.90. The van der Waals surface area contributed by atoms with Gasteiger partial charge in [-0.15, -0.1) is 0 Å². The number of rotatable bonds is 6. The molecule has 0 aliphatic heterocycles. The number of carbonyl (C=O) groups is 1. The molecule has 1 rings (SSSR count). The van der Waals surface area contributed by atoms with Gasteiger partial charge in [-0.2, -0.15) is 0 Å². The standard InChI is InChI=1S/C13H20N4O3/c1-3-17(8-7-12(14)16-19)13(18)15-10-5-4-6-11(9-10)20-2/h4-6,9,19H,3,7-8H2,1-2H3,(H2,14,16)(H,15,18). The zero-order chi connectivity index (χ0) is 15.0. The van der Waals surface area contributed by atoms with Crippen LogP contribution in [0, 0.1) is 0 Å². The molecule has 0 aliphatic rings. The second-order valence-corrected chi connectivity index (χ2v) is 4.08. The summed E-state index contributed by atoms with van der Waals surface area (Å²) in [6.07, 6.45) is 0.315. The maximum Gasteiger partial charge on any atom is 0.321 e. The topological polar surface area (TPSA) is 100 Å². The fraction of sp³-hybridized carbons (Fsp3) is 0.385. The van der Waals surface area contributed by atoms with Crippen molar-refractivity contribution in [1.82, 2.24) is 4.90 Å². The van der Waals surface area contributed by atoms with Crippen LogP contribution in [0.15, 0.2) is 29.4 Å². The molecule has 20 heavy (non-hydrogen) atoms. The summed E-state index contributed by atoms with van der Waals surface area (Å²) >= 11 is 0. The third kappa shape index (κ3) is 4.68. The first-order chi connectivity index (χ1) is 9.60. The van der Waals surface area contributed by atoms with Crippen LogP contribution in [0.25, 0.3) is 0 Å². The number of amidine groups is 1. The number of nitrogens with zero attached hydrogens (tertiary/aromatic N) is 2. The molecule has 0 unspecified atom stereocenters. The first-order valence-electron chi connectivity index (χ1n) is 6.27. The summed E-state index contributed by atoms with van der Waals surface area (Å²) in [5.74, 6) is 0.764. The molecule has 4 N–H and O–H groups in total. The van der Waals surface area contributed by atoms with E-state index in [9.17, 15) is 4.79 Å². The molecule has 1 aromatic carbocycles. The third-order valence-corrected chi connectivity index (χ3v) is 2.76. The largest absolute Gasteiger partial charge is 0.497 e. The van der Waals surface area contributed by atoms with Gasteiger partial charge in [0.2, 0.25) is 0 Å². The zero-order valence-electron chi connectivity index (χ0n) is 11.7. The molecule has 2 amide bonds. The van der Waals surface area contributed by atoms with E-state index in [1.54, 1.807) is 36.3 Å². The molecule has 0 spiro atoms. The Morgan fingerprint density at radius 2 is 2.30 bits per heavy atom. The minimum absolute atomic E-state index is 0.0950. The van der Waals surface area contributed by atoms with Gasteiger partial charge in [-0.05, 0) is 19.1 Å². The molecule has 110 valence electrons. The Labute approximate surface area is 118 Å². The van der Waals surface area contributed by atoms with Gasteiger partial charge in [-0.1, -0.05) is 11.2 Å². The van der Waals surface area contributed by atoms with Crippen molar-refractivity contribution < 1.29 is 14.7 Å². The average Bonchev–Trinajstić information content (AvgIpc) is 2.47. The van der Waals surface area contributed by atoms with Crippen molar-refractivity contribution in [3.63, 3.8) is 0 Å². The molecule has 0 saturated heterocycles. The Morgan fingerprint density at radius 3 is 2.90 bits per heavy atom. The highest BCUT2D eigenvalue weighted by Crippen LogP contribution is 2.17. The van der Waals surface area contributed by atoms with Crippen LogP contribution in [-0.2, 0) is 0 Å². The van der Waals surface area contributed by atoms with Crippen molar-refractivity contribution in [2.24, 2.45) is 10.9 Å². The molecule has 0 atom stereocenters. The van der Waals surface area contributed by atoms with E-state index >= 15 is 0 Å². The third-order valence-electron chi connectivity index (χ3n) is 2.76. The number of oxime groups is 1. The predicted molar refractivity (Wildman–Crippen MR) is 77.3 cm³/mol. The van der Waals surface area contributed by atoms with Gasteiger partial charge in [0.15, 0.2) is 0 Å². The highest BCUT2D eigenvalue weighted by Gasteiger charge is 2.12. The summed E-state index contributed by atoms with van der Waals surface area (Å²) in [6, 6.07) is 6.85. The maximum atomic E-state index is 12.1. The minimum atomic E-state index is -0.244. The van der Waals surface area contributed by atoms with E-state index in [-0.39, 0.29) is 11.9 Å². The summed E-state index contributed by atoms with van der Waals surface area (Å²) in [4.78, 5) is 13.6. The molecule has 0 fully saturated rings. The SMILES string of the molecule is CCN(CCC(N)=NO)C(=O)Nc1cccc(OC)c1. The molecule has 0 heterocycles. The summed E-state index contributed by atoms with van der Waals surface area (Å²) in [7, 11) is 1.57.